The molecule has 0 heterocycles. The zero-order valence-electron chi connectivity index (χ0n) is 9.64. The summed E-state index contributed by atoms with van der Waals surface area (Å²) >= 11 is 3.11. The van der Waals surface area contributed by atoms with E-state index >= 15 is 0 Å². The number of phenols is 1. The highest BCUT2D eigenvalue weighted by molar-refractivity contribution is 9.10. The van der Waals surface area contributed by atoms with Gasteiger partial charge in [0.15, 0.2) is 21.3 Å². The molecule has 0 fully saturated rings. The molecule has 5 nitrogen and oxygen atoms in total. The first-order chi connectivity index (χ1) is 8.29. The fourth-order valence-corrected chi connectivity index (χ4v) is 2.18. The third-order valence-electron chi connectivity index (χ3n) is 2.08. The highest BCUT2D eigenvalue weighted by atomic mass is 79.9. The molecule has 0 bridgehead atoms. The van der Waals surface area contributed by atoms with Crippen LogP contribution in [0.3, 0.4) is 0 Å². The zero-order valence-corrected chi connectivity index (χ0v) is 12.0. The van der Waals surface area contributed by atoms with Crippen LogP contribution in [0.4, 0.5) is 0 Å². The average molecular weight is 332 g/mol. The van der Waals surface area contributed by atoms with Gasteiger partial charge in [0.1, 0.15) is 11.0 Å². The first kappa shape index (κ1) is 14.5. The van der Waals surface area contributed by atoms with Crippen LogP contribution in [0, 0.1) is 11.3 Å². The summed E-state index contributed by atoms with van der Waals surface area (Å²) < 4.78 is 27.9. The molecular weight excluding hydrogens is 322 g/mol. The van der Waals surface area contributed by atoms with E-state index in [2.05, 4.69) is 15.9 Å². The molecule has 0 aromatic heterocycles. The number of rotatable bonds is 3. The van der Waals surface area contributed by atoms with Gasteiger partial charge in [-0.05, 0) is 39.7 Å². The summed E-state index contributed by atoms with van der Waals surface area (Å²) in [4.78, 5) is -0.359. The molecule has 7 heteroatoms. The van der Waals surface area contributed by atoms with Crippen LogP contribution in [0.15, 0.2) is 21.5 Å². The molecule has 0 radical (unpaired) electrons. The quantitative estimate of drug-likeness (QED) is 0.856. The maximum absolute atomic E-state index is 11.3. The van der Waals surface area contributed by atoms with Crippen molar-refractivity contribution in [3.8, 4) is 17.6 Å². The number of benzene rings is 1. The van der Waals surface area contributed by atoms with Gasteiger partial charge in [-0.15, -0.1) is 0 Å². The van der Waals surface area contributed by atoms with Gasteiger partial charge in [-0.25, -0.2) is 8.42 Å². The first-order valence-electron chi connectivity index (χ1n) is 4.68. The lowest BCUT2D eigenvalue weighted by Gasteiger charge is -2.06. The van der Waals surface area contributed by atoms with Crippen molar-refractivity contribution < 1.29 is 18.3 Å². The van der Waals surface area contributed by atoms with E-state index in [-0.39, 0.29) is 16.4 Å². The summed E-state index contributed by atoms with van der Waals surface area (Å²) in [5, 5.41) is 18.4. The van der Waals surface area contributed by atoms with Gasteiger partial charge in [0.2, 0.25) is 0 Å². The lowest BCUT2D eigenvalue weighted by atomic mass is 10.2. The lowest BCUT2D eigenvalue weighted by Crippen LogP contribution is -1.98. The molecule has 0 aliphatic carbocycles. The van der Waals surface area contributed by atoms with Gasteiger partial charge in [0.05, 0.1) is 11.6 Å². The maximum atomic E-state index is 11.3. The molecule has 0 aliphatic rings. The Balaban J connectivity index is 3.41. The van der Waals surface area contributed by atoms with Gasteiger partial charge in [-0.3, -0.25) is 0 Å². The third-order valence-corrected chi connectivity index (χ3v) is 3.69. The maximum Gasteiger partial charge on any atom is 0.185 e. The predicted molar refractivity (Wildman–Crippen MR) is 70.8 cm³/mol. The minimum absolute atomic E-state index is 0.0903. The molecule has 0 saturated heterocycles. The number of allylic oxidation sites excluding steroid dienone is 1. The van der Waals surface area contributed by atoms with Crippen molar-refractivity contribution in [1.29, 1.82) is 5.26 Å². The van der Waals surface area contributed by atoms with E-state index in [0.29, 0.717) is 10.0 Å². The molecule has 0 saturated carbocycles. The summed E-state index contributed by atoms with van der Waals surface area (Å²) in [6.07, 6.45) is 2.16. The van der Waals surface area contributed by atoms with Gasteiger partial charge in [0, 0.05) is 6.26 Å². The Bertz CT molecular complexity index is 644. The van der Waals surface area contributed by atoms with Crippen LogP contribution in [0.1, 0.15) is 5.56 Å². The Kier molecular flexibility index (Phi) is 4.38. The molecule has 1 aromatic rings. The molecule has 0 spiro atoms. The number of hydrogen-bond donors (Lipinski definition) is 1. The van der Waals surface area contributed by atoms with Gasteiger partial charge >= 0.3 is 0 Å². The minimum atomic E-state index is -3.57. The van der Waals surface area contributed by atoms with Gasteiger partial charge in [-0.2, -0.15) is 5.26 Å². The lowest BCUT2D eigenvalue weighted by molar-refractivity contribution is 0.372. The van der Waals surface area contributed by atoms with Gasteiger partial charge < -0.3 is 9.84 Å². The smallest absolute Gasteiger partial charge is 0.185 e. The second-order valence-corrected chi connectivity index (χ2v) is 6.28. The van der Waals surface area contributed by atoms with Crippen LogP contribution in [-0.4, -0.2) is 26.9 Å². The van der Waals surface area contributed by atoms with Crippen molar-refractivity contribution in [1.82, 2.24) is 0 Å². The zero-order chi connectivity index (χ0) is 13.9. The fourth-order valence-electron chi connectivity index (χ4n) is 1.21. The molecule has 0 aliphatic heterocycles. The van der Waals surface area contributed by atoms with Crippen LogP contribution >= 0.6 is 15.9 Å². The minimum Gasteiger partial charge on any atom is -0.503 e. The van der Waals surface area contributed by atoms with Crippen LogP contribution in [0.25, 0.3) is 6.08 Å². The van der Waals surface area contributed by atoms with E-state index in [0.717, 1.165) is 6.26 Å². The third kappa shape index (κ3) is 3.24. The Hall–Kier alpha value is -1.52. The number of phenolic OH excluding ortho intramolecular Hbond substituents is 1. The van der Waals surface area contributed by atoms with Gasteiger partial charge in [0.25, 0.3) is 0 Å². The van der Waals surface area contributed by atoms with Crippen molar-refractivity contribution in [3.05, 3.63) is 27.1 Å². The van der Waals surface area contributed by atoms with Gasteiger partial charge in [-0.1, -0.05) is 0 Å². The largest absolute Gasteiger partial charge is 0.503 e. The Morgan fingerprint density at radius 1 is 1.56 bits per heavy atom. The molecule has 1 aromatic carbocycles. The molecular formula is C11H10BrNO4S. The average Bonchev–Trinajstić information content (AvgIpc) is 2.28. The summed E-state index contributed by atoms with van der Waals surface area (Å²) in [5.74, 6) is 0.0916. The monoisotopic (exact) mass is 331 g/mol. The van der Waals surface area contributed by atoms with E-state index in [4.69, 9.17) is 10.00 Å². The molecule has 96 valence electrons. The number of halogens is 1. The highest BCUT2D eigenvalue weighted by Crippen LogP contribution is 2.35. The normalized spacial score (nSPS) is 12.0. The number of methoxy groups -OCH3 is 1. The van der Waals surface area contributed by atoms with E-state index in [1.54, 1.807) is 6.07 Å². The van der Waals surface area contributed by atoms with Crippen molar-refractivity contribution >= 4 is 31.8 Å². The van der Waals surface area contributed by atoms with E-state index in [1.165, 1.54) is 25.3 Å². The Labute approximate surface area is 113 Å². The van der Waals surface area contributed by atoms with E-state index < -0.39 is 9.84 Å². The molecule has 18 heavy (non-hydrogen) atoms. The number of hydrogen-bond acceptors (Lipinski definition) is 5. The summed E-state index contributed by atoms with van der Waals surface area (Å²) in [6.45, 7) is 0. The number of ether oxygens (including phenoxy) is 1. The van der Waals surface area contributed by atoms with Crippen molar-refractivity contribution in [2.24, 2.45) is 0 Å². The van der Waals surface area contributed by atoms with Crippen LogP contribution in [0.5, 0.6) is 11.5 Å². The predicted octanol–water partition coefficient (Wildman–Crippen LogP) is 2.07. The standard InChI is InChI=1S/C11H10BrNO4S/c1-17-10-5-7(4-9(12)11(10)14)3-8(6-13)18(2,15)16/h3-5,14H,1-2H3/b8-3-. The van der Waals surface area contributed by atoms with Crippen LogP contribution < -0.4 is 4.74 Å². The highest BCUT2D eigenvalue weighted by Gasteiger charge is 2.13. The molecule has 1 N–H and O–H groups in total. The molecule has 0 atom stereocenters. The number of sulfone groups is 1. The van der Waals surface area contributed by atoms with Crippen molar-refractivity contribution in [2.75, 3.05) is 13.4 Å². The Morgan fingerprint density at radius 2 is 2.17 bits per heavy atom. The SMILES string of the molecule is COc1cc(/C=C(/C#N)S(C)(=O)=O)cc(Br)c1O. The summed E-state index contributed by atoms with van der Waals surface area (Å²) in [6, 6.07) is 4.54. The first-order valence-corrected chi connectivity index (χ1v) is 7.36. The fraction of sp³-hybridized carbons (Fsp3) is 0.182. The molecule has 0 unspecified atom stereocenters. The van der Waals surface area contributed by atoms with Crippen LogP contribution in [0.2, 0.25) is 0 Å². The number of nitrogens with zero attached hydrogens (tertiary/aromatic N) is 1. The molecule has 0 amide bonds. The topological polar surface area (TPSA) is 87.4 Å². The molecule has 1 rings (SSSR count). The van der Waals surface area contributed by atoms with Crippen LogP contribution in [-0.2, 0) is 9.84 Å². The second kappa shape index (κ2) is 5.42. The number of nitriles is 1. The number of aromatic hydroxyl groups is 1. The van der Waals surface area contributed by atoms with Crippen molar-refractivity contribution in [2.45, 2.75) is 0 Å². The summed E-state index contributed by atoms with van der Waals surface area (Å²) in [5.41, 5.74) is 0.429. The summed E-state index contributed by atoms with van der Waals surface area (Å²) in [7, 11) is -2.20. The Morgan fingerprint density at radius 3 is 2.61 bits per heavy atom. The van der Waals surface area contributed by atoms with E-state index in [9.17, 15) is 13.5 Å². The second-order valence-electron chi connectivity index (χ2n) is 3.45. The van der Waals surface area contributed by atoms with Crippen molar-refractivity contribution in [3.63, 3.8) is 0 Å². The van der Waals surface area contributed by atoms with E-state index in [1.807, 2.05) is 0 Å².